The molecule has 0 aliphatic carbocycles. The van der Waals surface area contributed by atoms with Gasteiger partial charge in [0.2, 0.25) is 0 Å². The van der Waals surface area contributed by atoms with Gasteiger partial charge in [-0.1, -0.05) is 41.4 Å². The highest BCUT2D eigenvalue weighted by molar-refractivity contribution is 6.35. The van der Waals surface area contributed by atoms with Gasteiger partial charge in [0.1, 0.15) is 0 Å². The zero-order valence-corrected chi connectivity index (χ0v) is 16.8. The van der Waals surface area contributed by atoms with Gasteiger partial charge in [0.05, 0.1) is 5.56 Å². The molecule has 0 bridgehead atoms. The summed E-state index contributed by atoms with van der Waals surface area (Å²) in [7, 11) is 0. The van der Waals surface area contributed by atoms with E-state index in [9.17, 15) is 9.59 Å². The van der Waals surface area contributed by atoms with Crippen molar-refractivity contribution in [3.63, 3.8) is 0 Å². The van der Waals surface area contributed by atoms with E-state index in [1.807, 2.05) is 31.2 Å². The number of nitrogens with one attached hydrogen (secondary N) is 1. The molecule has 0 radical (unpaired) electrons. The van der Waals surface area contributed by atoms with Crippen LogP contribution in [-0.2, 0) is 0 Å². The predicted molar refractivity (Wildman–Crippen MR) is 111 cm³/mol. The van der Waals surface area contributed by atoms with Crippen molar-refractivity contribution in [2.45, 2.75) is 6.92 Å². The largest absolute Gasteiger partial charge is 0.358 e. The average molecular weight is 416 g/mol. The normalized spacial score (nSPS) is 14.5. The molecule has 144 valence electrons. The topological polar surface area (TPSA) is 56.4 Å². The lowest BCUT2D eigenvalue weighted by Gasteiger charge is -2.35. The number of carbonyl (C=O) groups excluding carboxylic acids is 2. The lowest BCUT2D eigenvalue weighted by Crippen LogP contribution is -2.50. The number of aromatic nitrogens is 1. The molecule has 1 fully saturated rings. The molecule has 3 aromatic rings. The zero-order chi connectivity index (χ0) is 19.8. The molecule has 0 atom stereocenters. The number of fused-ring (bicyclic) bond motifs is 1. The van der Waals surface area contributed by atoms with Gasteiger partial charge >= 0.3 is 0 Å². The highest BCUT2D eigenvalue weighted by Gasteiger charge is 2.28. The molecule has 2 amide bonds. The molecule has 1 N–H and O–H groups in total. The van der Waals surface area contributed by atoms with Crippen LogP contribution < -0.4 is 0 Å². The fourth-order valence-electron chi connectivity index (χ4n) is 3.68. The number of aryl methyl sites for hydroxylation is 1. The Bertz CT molecular complexity index is 1050. The van der Waals surface area contributed by atoms with Crippen molar-refractivity contribution in [1.82, 2.24) is 14.8 Å². The number of rotatable bonds is 2. The van der Waals surface area contributed by atoms with E-state index in [0.29, 0.717) is 47.4 Å². The summed E-state index contributed by atoms with van der Waals surface area (Å²) in [5, 5.41) is 1.79. The fourth-order valence-corrected chi connectivity index (χ4v) is 4.21. The van der Waals surface area contributed by atoms with Gasteiger partial charge in [-0.05, 0) is 31.2 Å². The van der Waals surface area contributed by atoms with Gasteiger partial charge in [0.25, 0.3) is 11.8 Å². The summed E-state index contributed by atoms with van der Waals surface area (Å²) in [6, 6.07) is 12.6. The summed E-state index contributed by atoms with van der Waals surface area (Å²) >= 11 is 12.0. The van der Waals surface area contributed by atoms with Gasteiger partial charge in [-0.3, -0.25) is 9.59 Å². The van der Waals surface area contributed by atoms with Gasteiger partial charge < -0.3 is 14.8 Å². The van der Waals surface area contributed by atoms with E-state index in [1.165, 1.54) is 0 Å². The summed E-state index contributed by atoms with van der Waals surface area (Å²) in [5.41, 5.74) is 2.98. The number of aromatic amines is 1. The second kappa shape index (κ2) is 7.49. The lowest BCUT2D eigenvalue weighted by molar-refractivity contribution is 0.0536. The SMILES string of the molecule is Cc1[nH]c2ccccc2c1C(=O)N1CCN(C(=O)c2cc(Cl)cc(Cl)c2)CC1. The first-order chi connectivity index (χ1) is 13.4. The summed E-state index contributed by atoms with van der Waals surface area (Å²) in [5.74, 6) is -0.132. The second-order valence-corrected chi connectivity index (χ2v) is 7.79. The minimum Gasteiger partial charge on any atom is -0.358 e. The summed E-state index contributed by atoms with van der Waals surface area (Å²) < 4.78 is 0. The highest BCUT2D eigenvalue weighted by atomic mass is 35.5. The molecule has 7 heteroatoms. The number of halogens is 2. The zero-order valence-electron chi connectivity index (χ0n) is 15.3. The van der Waals surface area contributed by atoms with Crippen molar-refractivity contribution in [1.29, 1.82) is 0 Å². The summed E-state index contributed by atoms with van der Waals surface area (Å²) in [6.45, 7) is 3.82. The maximum absolute atomic E-state index is 13.1. The summed E-state index contributed by atoms with van der Waals surface area (Å²) in [4.78, 5) is 32.6. The molecule has 0 spiro atoms. The number of para-hydroxylation sites is 1. The van der Waals surface area contributed by atoms with Crippen LogP contribution in [0.1, 0.15) is 26.4 Å². The Kier molecular flexibility index (Phi) is 5.04. The van der Waals surface area contributed by atoms with E-state index >= 15 is 0 Å². The van der Waals surface area contributed by atoms with Crippen LogP contribution in [0.25, 0.3) is 10.9 Å². The maximum atomic E-state index is 13.1. The summed E-state index contributed by atoms with van der Waals surface area (Å²) in [6.07, 6.45) is 0. The van der Waals surface area contributed by atoms with E-state index < -0.39 is 0 Å². The molecule has 0 saturated carbocycles. The van der Waals surface area contributed by atoms with Gasteiger partial charge in [-0.25, -0.2) is 0 Å². The Balaban J connectivity index is 1.48. The second-order valence-electron chi connectivity index (χ2n) is 6.91. The van der Waals surface area contributed by atoms with E-state index in [4.69, 9.17) is 23.2 Å². The third kappa shape index (κ3) is 3.48. The highest BCUT2D eigenvalue weighted by Crippen LogP contribution is 2.25. The van der Waals surface area contributed by atoms with E-state index in [1.54, 1.807) is 28.0 Å². The average Bonchev–Trinajstić information content (AvgIpc) is 3.02. The Labute approximate surface area is 172 Å². The molecular weight excluding hydrogens is 397 g/mol. The smallest absolute Gasteiger partial charge is 0.256 e. The van der Waals surface area contributed by atoms with Gasteiger partial charge in [-0.15, -0.1) is 0 Å². The van der Waals surface area contributed by atoms with Crippen LogP contribution in [0.2, 0.25) is 10.0 Å². The molecule has 2 heterocycles. The third-order valence-electron chi connectivity index (χ3n) is 5.07. The van der Waals surface area contributed by atoms with Crippen molar-refractivity contribution in [2.75, 3.05) is 26.2 Å². The molecular formula is C21H19Cl2N3O2. The predicted octanol–water partition coefficient (Wildman–Crippen LogP) is 4.38. The third-order valence-corrected chi connectivity index (χ3v) is 5.51. The van der Waals surface area contributed by atoms with Crippen LogP contribution in [0, 0.1) is 6.92 Å². The molecule has 1 aromatic heterocycles. The van der Waals surface area contributed by atoms with Gasteiger partial charge in [0, 0.05) is 58.4 Å². The molecule has 5 nitrogen and oxygen atoms in total. The molecule has 2 aromatic carbocycles. The van der Waals surface area contributed by atoms with E-state index in [2.05, 4.69) is 4.98 Å². The van der Waals surface area contributed by atoms with Crippen LogP contribution >= 0.6 is 23.2 Å². The standard InChI is InChI=1S/C21H19Cl2N3O2/c1-13-19(17-4-2-3-5-18(17)24-13)21(28)26-8-6-25(7-9-26)20(27)14-10-15(22)12-16(23)11-14/h2-5,10-12,24H,6-9H2,1H3. The van der Waals surface area contributed by atoms with E-state index in [-0.39, 0.29) is 11.8 Å². The number of H-pyrrole nitrogens is 1. The lowest BCUT2D eigenvalue weighted by atomic mass is 10.1. The number of piperazine rings is 1. The Morgan fingerprint density at radius 1 is 0.893 bits per heavy atom. The monoisotopic (exact) mass is 415 g/mol. The first kappa shape index (κ1) is 18.8. The first-order valence-corrected chi connectivity index (χ1v) is 9.81. The first-order valence-electron chi connectivity index (χ1n) is 9.06. The van der Waals surface area contributed by atoms with Crippen LogP contribution in [-0.4, -0.2) is 52.8 Å². The number of carbonyl (C=O) groups is 2. The number of hydrogen-bond acceptors (Lipinski definition) is 2. The Hall–Kier alpha value is -2.50. The molecule has 28 heavy (non-hydrogen) atoms. The van der Waals surface area contributed by atoms with Crippen LogP contribution in [0.3, 0.4) is 0 Å². The number of amides is 2. The number of benzene rings is 2. The minimum atomic E-state index is -0.125. The quantitative estimate of drug-likeness (QED) is 0.674. The Morgan fingerprint density at radius 3 is 2.11 bits per heavy atom. The molecule has 1 saturated heterocycles. The molecule has 1 aliphatic heterocycles. The van der Waals surface area contributed by atoms with Crippen molar-refractivity contribution >= 4 is 45.9 Å². The maximum Gasteiger partial charge on any atom is 0.256 e. The molecule has 0 unspecified atom stereocenters. The Morgan fingerprint density at radius 2 is 1.46 bits per heavy atom. The number of nitrogens with zero attached hydrogens (tertiary/aromatic N) is 2. The number of hydrogen-bond donors (Lipinski definition) is 1. The van der Waals surface area contributed by atoms with Gasteiger partial charge in [0.15, 0.2) is 0 Å². The molecule has 1 aliphatic rings. The van der Waals surface area contributed by atoms with Crippen LogP contribution in [0.15, 0.2) is 42.5 Å². The van der Waals surface area contributed by atoms with Crippen molar-refractivity contribution in [3.05, 3.63) is 69.3 Å². The van der Waals surface area contributed by atoms with Crippen molar-refractivity contribution in [2.24, 2.45) is 0 Å². The van der Waals surface area contributed by atoms with Gasteiger partial charge in [-0.2, -0.15) is 0 Å². The van der Waals surface area contributed by atoms with Crippen LogP contribution in [0.5, 0.6) is 0 Å². The fraction of sp³-hybridized carbons (Fsp3) is 0.238. The van der Waals surface area contributed by atoms with E-state index in [0.717, 1.165) is 16.6 Å². The molecule has 4 rings (SSSR count). The minimum absolute atomic E-state index is 0.00662. The van der Waals surface area contributed by atoms with Crippen molar-refractivity contribution < 1.29 is 9.59 Å². The van der Waals surface area contributed by atoms with Crippen molar-refractivity contribution in [3.8, 4) is 0 Å². The van der Waals surface area contributed by atoms with Crippen LogP contribution in [0.4, 0.5) is 0 Å².